The van der Waals surface area contributed by atoms with Gasteiger partial charge in [0.2, 0.25) is 10.0 Å². The number of sulfonamides is 1. The Morgan fingerprint density at radius 2 is 1.73 bits per heavy atom. The van der Waals surface area contributed by atoms with Crippen molar-refractivity contribution in [1.29, 1.82) is 0 Å². The second-order valence-corrected chi connectivity index (χ2v) is 11.8. The molecule has 0 aromatic heterocycles. The topological polar surface area (TPSA) is 64.6 Å². The molecule has 166 valence electrons. The van der Waals surface area contributed by atoms with Crippen LogP contribution in [-0.4, -0.2) is 39.5 Å². The molecule has 3 saturated carbocycles. The van der Waals surface area contributed by atoms with Crippen LogP contribution in [0.15, 0.2) is 24.3 Å². The molecular weight excluding hydrogens is 398 g/mol. The summed E-state index contributed by atoms with van der Waals surface area (Å²) in [5, 5.41) is 0. The molecule has 0 amide bonds. The van der Waals surface area contributed by atoms with Crippen LogP contribution in [0.3, 0.4) is 0 Å². The van der Waals surface area contributed by atoms with Crippen molar-refractivity contribution in [3.8, 4) is 5.75 Å². The van der Waals surface area contributed by atoms with E-state index in [1.165, 1.54) is 5.56 Å². The standard InChI is InChI=1S/C24H35NO4S/c26-30(27,16-17-8-9-17)25-23-6-3-4-19-14-29-24-7-2-1-5-21(24)18-10-12-20(13-11-18)28-15-22(19)23/h1-2,5,7,17-20,22-23,25H,3-4,6,8-16H2/t18-,19?,20+,22-,23+/m1/s1. The number of fused-ring (bicyclic) bond motifs is 4. The number of benzene rings is 1. The molecule has 5 nitrogen and oxygen atoms in total. The van der Waals surface area contributed by atoms with E-state index in [0.717, 1.165) is 63.5 Å². The van der Waals surface area contributed by atoms with Gasteiger partial charge >= 0.3 is 0 Å². The van der Waals surface area contributed by atoms with E-state index >= 15 is 0 Å². The highest BCUT2D eigenvalue weighted by molar-refractivity contribution is 7.89. The van der Waals surface area contributed by atoms with Gasteiger partial charge in [-0.25, -0.2) is 13.1 Å². The smallest absolute Gasteiger partial charge is 0.212 e. The average Bonchev–Trinajstić information content (AvgIpc) is 3.54. The molecule has 5 aliphatic rings. The van der Waals surface area contributed by atoms with Crippen molar-refractivity contribution in [1.82, 2.24) is 4.72 Å². The zero-order valence-electron chi connectivity index (χ0n) is 17.8. The Bertz CT molecular complexity index is 829. The zero-order valence-corrected chi connectivity index (χ0v) is 18.6. The Kier molecular flexibility index (Phi) is 6.09. The zero-order chi connectivity index (χ0) is 20.6. The van der Waals surface area contributed by atoms with Crippen molar-refractivity contribution in [2.75, 3.05) is 19.0 Å². The average molecular weight is 434 g/mol. The Morgan fingerprint density at radius 1 is 0.933 bits per heavy atom. The van der Waals surface area contributed by atoms with Gasteiger partial charge in [0, 0.05) is 12.0 Å². The summed E-state index contributed by atoms with van der Waals surface area (Å²) in [5.74, 6) is 2.73. The van der Waals surface area contributed by atoms with Crippen molar-refractivity contribution in [2.45, 2.75) is 75.9 Å². The highest BCUT2D eigenvalue weighted by atomic mass is 32.2. The van der Waals surface area contributed by atoms with Gasteiger partial charge < -0.3 is 9.47 Å². The lowest BCUT2D eigenvalue weighted by Crippen LogP contribution is -2.49. The monoisotopic (exact) mass is 433 g/mol. The summed E-state index contributed by atoms with van der Waals surface area (Å²) in [6.07, 6.45) is 9.85. The van der Waals surface area contributed by atoms with E-state index in [2.05, 4.69) is 29.0 Å². The normalized spacial score (nSPS) is 34.7. The highest BCUT2D eigenvalue weighted by Crippen LogP contribution is 2.41. The first kappa shape index (κ1) is 20.8. The molecule has 1 aromatic carbocycles. The number of hydrogen-bond acceptors (Lipinski definition) is 4. The largest absolute Gasteiger partial charge is 0.493 e. The van der Waals surface area contributed by atoms with Crippen molar-refractivity contribution < 1.29 is 17.9 Å². The number of rotatable bonds is 4. The van der Waals surface area contributed by atoms with Gasteiger partial charge in [0.15, 0.2) is 0 Å². The predicted octanol–water partition coefficient (Wildman–Crippen LogP) is 4.24. The first-order chi connectivity index (χ1) is 14.6. The summed E-state index contributed by atoms with van der Waals surface area (Å²) in [6, 6.07) is 8.47. The summed E-state index contributed by atoms with van der Waals surface area (Å²) >= 11 is 0. The molecule has 3 fully saturated rings. The third-order valence-electron chi connectivity index (χ3n) is 7.71. The second-order valence-electron chi connectivity index (χ2n) is 9.96. The van der Waals surface area contributed by atoms with Gasteiger partial charge in [-0.3, -0.25) is 0 Å². The van der Waals surface area contributed by atoms with Gasteiger partial charge in [0.1, 0.15) is 5.75 Å². The van der Waals surface area contributed by atoms with Crippen molar-refractivity contribution in [3.05, 3.63) is 29.8 Å². The molecule has 6 heteroatoms. The first-order valence-electron chi connectivity index (χ1n) is 11.9. The lowest BCUT2D eigenvalue weighted by molar-refractivity contribution is -0.0298. The van der Waals surface area contributed by atoms with E-state index in [0.29, 0.717) is 37.1 Å². The van der Waals surface area contributed by atoms with E-state index in [9.17, 15) is 8.42 Å². The van der Waals surface area contributed by atoms with Crippen LogP contribution >= 0.6 is 0 Å². The van der Waals surface area contributed by atoms with Crippen LogP contribution < -0.4 is 9.46 Å². The second kappa shape index (κ2) is 8.79. The molecule has 2 heterocycles. The molecule has 0 saturated heterocycles. The highest BCUT2D eigenvalue weighted by Gasteiger charge is 2.39. The van der Waals surface area contributed by atoms with Crippen LogP contribution in [-0.2, 0) is 14.8 Å². The molecular formula is C24H35NO4S. The Balaban J connectivity index is 1.36. The van der Waals surface area contributed by atoms with E-state index in [-0.39, 0.29) is 17.7 Å². The third-order valence-corrected chi connectivity index (χ3v) is 9.28. The molecule has 2 aliphatic heterocycles. The predicted molar refractivity (Wildman–Crippen MR) is 117 cm³/mol. The first-order valence-corrected chi connectivity index (χ1v) is 13.6. The van der Waals surface area contributed by atoms with Crippen molar-refractivity contribution in [2.24, 2.45) is 17.8 Å². The maximum absolute atomic E-state index is 12.7. The quantitative estimate of drug-likeness (QED) is 0.772. The molecule has 0 radical (unpaired) electrons. The van der Waals surface area contributed by atoms with Gasteiger partial charge in [-0.05, 0) is 80.8 Å². The van der Waals surface area contributed by atoms with Crippen molar-refractivity contribution >= 4 is 10.0 Å². The molecule has 6 rings (SSSR count). The summed E-state index contributed by atoms with van der Waals surface area (Å²) < 4.78 is 41.3. The number of hydrogen-bond donors (Lipinski definition) is 1. The molecule has 1 N–H and O–H groups in total. The minimum absolute atomic E-state index is 0.0365. The number of nitrogens with one attached hydrogen (secondary N) is 1. The van der Waals surface area contributed by atoms with Gasteiger partial charge in [0.25, 0.3) is 0 Å². The van der Waals surface area contributed by atoms with E-state index in [1.807, 2.05) is 0 Å². The maximum Gasteiger partial charge on any atom is 0.212 e. The fourth-order valence-electron chi connectivity index (χ4n) is 5.77. The van der Waals surface area contributed by atoms with E-state index < -0.39 is 10.0 Å². The Labute approximate surface area is 181 Å². The molecule has 0 spiro atoms. The summed E-state index contributed by atoms with van der Waals surface area (Å²) in [5.41, 5.74) is 1.34. The Morgan fingerprint density at radius 3 is 2.53 bits per heavy atom. The third kappa shape index (κ3) is 4.86. The molecule has 30 heavy (non-hydrogen) atoms. The molecule has 3 atom stereocenters. The SMILES string of the molecule is O=S(=O)(CC1CC1)N[C@H]1CCCC2COc3ccccc3[C@H]3CC[C@H](CC3)OC[C@H]21. The van der Waals surface area contributed by atoms with E-state index in [1.54, 1.807) is 0 Å². The lowest BCUT2D eigenvalue weighted by atomic mass is 9.76. The van der Waals surface area contributed by atoms with Gasteiger partial charge in [-0.1, -0.05) is 24.6 Å². The molecule has 1 aromatic rings. The van der Waals surface area contributed by atoms with Crippen LogP contribution in [0.1, 0.15) is 69.3 Å². The van der Waals surface area contributed by atoms with Gasteiger partial charge in [-0.2, -0.15) is 0 Å². The van der Waals surface area contributed by atoms with Gasteiger partial charge in [0.05, 0.1) is 25.1 Å². The maximum atomic E-state index is 12.7. The summed E-state index contributed by atoms with van der Waals surface area (Å²) in [4.78, 5) is 0. The minimum Gasteiger partial charge on any atom is -0.493 e. The van der Waals surface area contributed by atoms with Crippen LogP contribution in [0.25, 0.3) is 0 Å². The van der Waals surface area contributed by atoms with E-state index in [4.69, 9.17) is 9.47 Å². The minimum atomic E-state index is -3.23. The molecule has 1 unspecified atom stereocenters. The summed E-state index contributed by atoms with van der Waals surface area (Å²) in [7, 11) is -3.23. The molecule has 3 aliphatic carbocycles. The van der Waals surface area contributed by atoms with Crippen molar-refractivity contribution in [3.63, 3.8) is 0 Å². The fraction of sp³-hybridized carbons (Fsp3) is 0.750. The molecule has 2 bridgehead atoms. The number of para-hydroxylation sites is 1. The number of ether oxygens (including phenoxy) is 2. The van der Waals surface area contributed by atoms with Crippen LogP contribution in [0.5, 0.6) is 5.75 Å². The van der Waals surface area contributed by atoms with Crippen LogP contribution in [0, 0.1) is 17.8 Å². The Hall–Kier alpha value is -1.11. The summed E-state index contributed by atoms with van der Waals surface area (Å²) in [6.45, 7) is 1.28. The van der Waals surface area contributed by atoms with Crippen LogP contribution in [0.2, 0.25) is 0 Å². The fourth-order valence-corrected chi connectivity index (χ4v) is 7.57. The van der Waals surface area contributed by atoms with Crippen LogP contribution in [0.4, 0.5) is 0 Å². The lowest BCUT2D eigenvalue weighted by Gasteiger charge is -2.40. The van der Waals surface area contributed by atoms with Gasteiger partial charge in [-0.15, -0.1) is 0 Å².